The van der Waals surface area contributed by atoms with Crippen LogP contribution in [-0.2, 0) is 36.8 Å². The first-order valence-corrected chi connectivity index (χ1v) is 10.2. The van der Waals surface area contributed by atoms with E-state index in [0.717, 1.165) is 4.57 Å². The third kappa shape index (κ3) is 3.92. The highest BCUT2D eigenvalue weighted by Crippen LogP contribution is 2.18. The molecular weight excluding hydrogens is 420 g/mol. The SMILES string of the molecule is Cc1noc(CNC(=O)C2CCN(C(=O)Cn3cnc4c3c(=O)n(C)c(=O)n4C)CC2)n1. The van der Waals surface area contributed by atoms with E-state index >= 15 is 0 Å². The molecule has 4 rings (SSSR count). The molecule has 13 heteroatoms. The zero-order valence-corrected chi connectivity index (χ0v) is 18.1. The van der Waals surface area contributed by atoms with Crippen molar-refractivity contribution in [2.75, 3.05) is 13.1 Å². The lowest BCUT2D eigenvalue weighted by atomic mass is 9.96. The van der Waals surface area contributed by atoms with Gasteiger partial charge in [0, 0.05) is 33.1 Å². The summed E-state index contributed by atoms with van der Waals surface area (Å²) in [6, 6.07) is 0. The highest BCUT2D eigenvalue weighted by Gasteiger charge is 2.28. The zero-order valence-electron chi connectivity index (χ0n) is 18.1. The van der Waals surface area contributed by atoms with Crippen LogP contribution >= 0.6 is 0 Å². The first kappa shape index (κ1) is 21.5. The summed E-state index contributed by atoms with van der Waals surface area (Å²) in [5, 5.41) is 6.47. The first-order chi connectivity index (χ1) is 15.3. The maximum Gasteiger partial charge on any atom is 0.332 e. The number of amides is 2. The molecule has 0 aliphatic carbocycles. The number of carbonyl (C=O) groups is 2. The molecule has 170 valence electrons. The third-order valence-electron chi connectivity index (χ3n) is 5.72. The standard InChI is InChI=1S/C19H24N8O5/c1-11-22-13(32-23-11)8-20-17(29)12-4-6-26(7-5-12)14(28)9-27-10-21-16-15(27)18(30)25(3)19(31)24(16)2/h10,12H,4-9H2,1-3H3,(H,20,29). The van der Waals surface area contributed by atoms with Crippen LogP contribution in [0.5, 0.6) is 0 Å². The Labute approximate surface area is 181 Å². The highest BCUT2D eigenvalue weighted by molar-refractivity contribution is 5.81. The Balaban J connectivity index is 1.36. The van der Waals surface area contributed by atoms with Gasteiger partial charge in [0.25, 0.3) is 5.56 Å². The molecule has 0 atom stereocenters. The minimum atomic E-state index is -0.500. The summed E-state index contributed by atoms with van der Waals surface area (Å²) in [6.07, 6.45) is 2.45. The van der Waals surface area contributed by atoms with E-state index in [9.17, 15) is 19.2 Å². The fourth-order valence-electron chi connectivity index (χ4n) is 3.87. The average Bonchev–Trinajstić information content (AvgIpc) is 3.40. The number of nitrogens with one attached hydrogen (secondary N) is 1. The van der Waals surface area contributed by atoms with E-state index in [1.54, 1.807) is 11.8 Å². The van der Waals surface area contributed by atoms with E-state index in [1.807, 2.05) is 0 Å². The van der Waals surface area contributed by atoms with Crippen LogP contribution in [0.15, 0.2) is 20.4 Å². The van der Waals surface area contributed by atoms with Gasteiger partial charge in [-0.3, -0.25) is 23.5 Å². The maximum absolute atomic E-state index is 12.8. The molecule has 0 saturated carbocycles. The molecule has 1 fully saturated rings. The lowest BCUT2D eigenvalue weighted by molar-refractivity contribution is -0.136. The van der Waals surface area contributed by atoms with E-state index in [4.69, 9.17) is 4.52 Å². The lowest BCUT2D eigenvalue weighted by Crippen LogP contribution is -2.44. The number of imidazole rings is 1. The number of nitrogens with zero attached hydrogens (tertiary/aromatic N) is 7. The number of fused-ring (bicyclic) bond motifs is 1. The molecule has 2 amide bonds. The molecular formula is C19H24N8O5. The summed E-state index contributed by atoms with van der Waals surface area (Å²) >= 11 is 0. The van der Waals surface area contributed by atoms with Crippen molar-refractivity contribution in [3.8, 4) is 0 Å². The largest absolute Gasteiger partial charge is 0.347 e. The molecule has 1 aliphatic heterocycles. The van der Waals surface area contributed by atoms with Crippen molar-refractivity contribution in [2.24, 2.45) is 20.0 Å². The number of likely N-dealkylation sites (tertiary alicyclic amines) is 1. The number of hydrogen-bond acceptors (Lipinski definition) is 8. The van der Waals surface area contributed by atoms with Crippen molar-refractivity contribution in [1.82, 2.24) is 39.0 Å². The van der Waals surface area contributed by atoms with Crippen molar-refractivity contribution >= 4 is 23.0 Å². The van der Waals surface area contributed by atoms with Crippen LogP contribution in [0.3, 0.4) is 0 Å². The van der Waals surface area contributed by atoms with E-state index in [-0.39, 0.29) is 42.0 Å². The van der Waals surface area contributed by atoms with Crippen LogP contribution in [0.1, 0.15) is 24.6 Å². The summed E-state index contributed by atoms with van der Waals surface area (Å²) < 4.78 is 8.71. The van der Waals surface area contributed by atoms with Crippen molar-refractivity contribution in [3.05, 3.63) is 38.9 Å². The molecule has 0 spiro atoms. The molecule has 4 heterocycles. The normalized spacial score (nSPS) is 14.8. The van der Waals surface area contributed by atoms with Gasteiger partial charge in [-0.15, -0.1) is 0 Å². The van der Waals surface area contributed by atoms with Gasteiger partial charge in [0.1, 0.15) is 6.54 Å². The number of rotatable bonds is 5. The fourth-order valence-corrected chi connectivity index (χ4v) is 3.87. The van der Waals surface area contributed by atoms with Crippen LogP contribution in [0.2, 0.25) is 0 Å². The Morgan fingerprint density at radius 2 is 1.91 bits per heavy atom. The predicted octanol–water partition coefficient (Wildman–Crippen LogP) is -1.32. The molecule has 3 aromatic rings. The fraction of sp³-hybridized carbons (Fsp3) is 0.526. The van der Waals surface area contributed by atoms with Crippen molar-refractivity contribution < 1.29 is 14.1 Å². The molecule has 1 aliphatic rings. The minimum Gasteiger partial charge on any atom is -0.347 e. The van der Waals surface area contributed by atoms with Gasteiger partial charge in [0.05, 0.1) is 12.9 Å². The molecule has 1 N–H and O–H groups in total. The van der Waals surface area contributed by atoms with Crippen LogP contribution in [0.4, 0.5) is 0 Å². The highest BCUT2D eigenvalue weighted by atomic mass is 16.5. The second-order valence-electron chi connectivity index (χ2n) is 7.86. The van der Waals surface area contributed by atoms with Crippen molar-refractivity contribution in [2.45, 2.75) is 32.9 Å². The van der Waals surface area contributed by atoms with Gasteiger partial charge in [-0.05, 0) is 19.8 Å². The Morgan fingerprint density at radius 1 is 1.19 bits per heavy atom. The Hall–Kier alpha value is -3.77. The molecule has 13 nitrogen and oxygen atoms in total. The smallest absolute Gasteiger partial charge is 0.332 e. The minimum absolute atomic E-state index is 0.0721. The van der Waals surface area contributed by atoms with Gasteiger partial charge < -0.3 is 19.3 Å². The summed E-state index contributed by atoms with van der Waals surface area (Å²) in [5.41, 5.74) is -0.542. The van der Waals surface area contributed by atoms with Gasteiger partial charge in [-0.1, -0.05) is 5.16 Å². The van der Waals surface area contributed by atoms with Crippen LogP contribution in [0, 0.1) is 12.8 Å². The van der Waals surface area contributed by atoms with E-state index in [1.165, 1.54) is 29.6 Å². The summed E-state index contributed by atoms with van der Waals surface area (Å²) in [4.78, 5) is 59.7. The van der Waals surface area contributed by atoms with E-state index in [0.29, 0.717) is 37.6 Å². The van der Waals surface area contributed by atoms with E-state index in [2.05, 4.69) is 20.4 Å². The summed E-state index contributed by atoms with van der Waals surface area (Å²) in [5.74, 6) is 0.351. The van der Waals surface area contributed by atoms with Crippen molar-refractivity contribution in [3.63, 3.8) is 0 Å². The Morgan fingerprint density at radius 3 is 2.56 bits per heavy atom. The second kappa shape index (κ2) is 8.40. The van der Waals surface area contributed by atoms with E-state index < -0.39 is 11.2 Å². The zero-order chi connectivity index (χ0) is 23.0. The maximum atomic E-state index is 12.8. The molecule has 1 saturated heterocycles. The van der Waals surface area contributed by atoms with Gasteiger partial charge in [0.15, 0.2) is 17.0 Å². The van der Waals surface area contributed by atoms with Gasteiger partial charge >= 0.3 is 5.69 Å². The second-order valence-corrected chi connectivity index (χ2v) is 7.86. The molecule has 0 unspecified atom stereocenters. The van der Waals surface area contributed by atoms with Crippen LogP contribution in [-0.4, -0.2) is 58.6 Å². The molecule has 0 radical (unpaired) electrons. The average molecular weight is 444 g/mol. The number of aryl methyl sites for hydroxylation is 2. The summed E-state index contributed by atoms with van der Waals surface area (Å²) in [6.45, 7) is 2.66. The third-order valence-corrected chi connectivity index (χ3v) is 5.72. The quantitative estimate of drug-likeness (QED) is 0.509. The number of carbonyl (C=O) groups excluding carboxylic acids is 2. The number of hydrogen-bond donors (Lipinski definition) is 1. The van der Waals surface area contributed by atoms with Crippen LogP contribution in [0.25, 0.3) is 11.2 Å². The van der Waals surface area contributed by atoms with Gasteiger partial charge in [-0.25, -0.2) is 9.78 Å². The molecule has 32 heavy (non-hydrogen) atoms. The number of aromatic nitrogens is 6. The lowest BCUT2D eigenvalue weighted by Gasteiger charge is -2.31. The molecule has 0 bridgehead atoms. The first-order valence-electron chi connectivity index (χ1n) is 10.2. The van der Waals surface area contributed by atoms with Gasteiger partial charge in [0.2, 0.25) is 17.7 Å². The Bertz CT molecular complexity index is 1290. The molecule has 3 aromatic heterocycles. The topological polar surface area (TPSA) is 150 Å². The van der Waals surface area contributed by atoms with Gasteiger partial charge in [-0.2, -0.15) is 4.98 Å². The monoisotopic (exact) mass is 444 g/mol. The number of piperidine rings is 1. The van der Waals surface area contributed by atoms with Crippen molar-refractivity contribution in [1.29, 1.82) is 0 Å². The predicted molar refractivity (Wildman–Crippen MR) is 110 cm³/mol. The Kier molecular flexibility index (Phi) is 5.63. The van der Waals surface area contributed by atoms with Crippen LogP contribution < -0.4 is 16.6 Å². The molecule has 0 aromatic carbocycles. The summed E-state index contributed by atoms with van der Waals surface area (Å²) in [7, 11) is 2.91.